The molecule has 0 unspecified atom stereocenters. The van der Waals surface area contributed by atoms with E-state index in [0.717, 1.165) is 11.3 Å². The van der Waals surface area contributed by atoms with E-state index in [4.69, 9.17) is 4.74 Å². The number of benzene rings is 1. The van der Waals surface area contributed by atoms with Crippen molar-refractivity contribution >= 4 is 17.7 Å². The Bertz CT molecular complexity index is 595. The van der Waals surface area contributed by atoms with Crippen molar-refractivity contribution < 1.29 is 14.3 Å². The summed E-state index contributed by atoms with van der Waals surface area (Å²) in [6.07, 6.45) is -0.293. The number of ether oxygens (including phenoxy) is 1. The first-order valence-corrected chi connectivity index (χ1v) is 8.95. The minimum Gasteiger partial charge on any atom is -0.450 e. The second-order valence-corrected chi connectivity index (χ2v) is 6.57. The highest BCUT2D eigenvalue weighted by atomic mass is 16.6. The van der Waals surface area contributed by atoms with E-state index in [1.54, 1.807) is 11.8 Å². The highest BCUT2D eigenvalue weighted by Gasteiger charge is 2.26. The van der Waals surface area contributed by atoms with Crippen LogP contribution in [0, 0.1) is 6.92 Å². The topological polar surface area (TPSA) is 53.1 Å². The monoisotopic (exact) mass is 347 g/mol. The second-order valence-electron chi connectivity index (χ2n) is 6.57. The van der Waals surface area contributed by atoms with Gasteiger partial charge in [-0.2, -0.15) is 0 Å². The van der Waals surface area contributed by atoms with Crippen LogP contribution < -0.4 is 4.90 Å². The second kappa shape index (κ2) is 8.74. The molecule has 1 aromatic rings. The molecule has 25 heavy (non-hydrogen) atoms. The maximum absolute atomic E-state index is 12.7. The molecule has 1 aromatic carbocycles. The number of anilines is 1. The predicted molar refractivity (Wildman–Crippen MR) is 98.8 cm³/mol. The summed E-state index contributed by atoms with van der Waals surface area (Å²) >= 11 is 0. The number of hydrogen-bond donors (Lipinski definition) is 0. The van der Waals surface area contributed by atoms with Crippen LogP contribution in [0.3, 0.4) is 0 Å². The molecule has 6 nitrogen and oxygen atoms in total. The molecule has 0 aliphatic carbocycles. The number of nitrogens with zero attached hydrogens (tertiary/aromatic N) is 3. The van der Waals surface area contributed by atoms with Crippen LogP contribution in [-0.2, 0) is 9.53 Å². The molecule has 0 saturated carbocycles. The summed E-state index contributed by atoms with van der Waals surface area (Å²) in [6.45, 7) is 10.9. The number of para-hydroxylation sites is 1. The quantitative estimate of drug-likeness (QED) is 0.821. The van der Waals surface area contributed by atoms with Gasteiger partial charge < -0.3 is 19.4 Å². The summed E-state index contributed by atoms with van der Waals surface area (Å²) in [7, 11) is 0. The molecule has 1 saturated heterocycles. The molecule has 0 aromatic heterocycles. The van der Waals surface area contributed by atoms with Crippen LogP contribution in [0.4, 0.5) is 10.5 Å². The summed E-state index contributed by atoms with van der Waals surface area (Å²) < 4.78 is 5.02. The Morgan fingerprint density at radius 3 is 2.28 bits per heavy atom. The Balaban J connectivity index is 1.97. The van der Waals surface area contributed by atoms with Gasteiger partial charge in [-0.15, -0.1) is 0 Å². The first-order chi connectivity index (χ1) is 11.9. The number of rotatable bonds is 5. The van der Waals surface area contributed by atoms with Crippen molar-refractivity contribution in [3.05, 3.63) is 29.8 Å². The van der Waals surface area contributed by atoms with E-state index in [9.17, 15) is 9.59 Å². The molecule has 138 valence electrons. The van der Waals surface area contributed by atoms with E-state index in [1.807, 2.05) is 17.0 Å². The third kappa shape index (κ3) is 4.87. The van der Waals surface area contributed by atoms with Crippen LogP contribution in [0.15, 0.2) is 24.3 Å². The predicted octanol–water partition coefficient (Wildman–Crippen LogP) is 2.51. The van der Waals surface area contributed by atoms with Crippen LogP contribution >= 0.6 is 0 Å². The average Bonchev–Trinajstić information content (AvgIpc) is 2.60. The number of aryl methyl sites for hydroxylation is 1. The van der Waals surface area contributed by atoms with Gasteiger partial charge in [0, 0.05) is 37.9 Å². The van der Waals surface area contributed by atoms with Gasteiger partial charge in [-0.25, -0.2) is 4.79 Å². The molecule has 6 heteroatoms. The molecular formula is C19H29N3O3. The number of piperazine rings is 1. The molecule has 2 amide bonds. The minimum atomic E-state index is -0.293. The Hall–Kier alpha value is -2.24. The van der Waals surface area contributed by atoms with E-state index in [2.05, 4.69) is 37.8 Å². The molecule has 0 bridgehead atoms. The molecular weight excluding hydrogens is 318 g/mol. The zero-order chi connectivity index (χ0) is 18.4. The van der Waals surface area contributed by atoms with Crippen molar-refractivity contribution in [3.63, 3.8) is 0 Å². The van der Waals surface area contributed by atoms with Crippen LogP contribution in [0.2, 0.25) is 0 Å². The van der Waals surface area contributed by atoms with Gasteiger partial charge in [0.2, 0.25) is 5.91 Å². The smallest absolute Gasteiger partial charge is 0.409 e. The van der Waals surface area contributed by atoms with E-state index < -0.39 is 0 Å². The van der Waals surface area contributed by atoms with Crippen molar-refractivity contribution in [1.82, 2.24) is 9.80 Å². The maximum atomic E-state index is 12.7. The van der Waals surface area contributed by atoms with Gasteiger partial charge in [0.05, 0.1) is 13.2 Å². The number of carbonyl (C=O) groups is 2. The fraction of sp³-hybridized carbons (Fsp3) is 0.579. The van der Waals surface area contributed by atoms with Gasteiger partial charge in [0.25, 0.3) is 0 Å². The van der Waals surface area contributed by atoms with E-state index in [-0.39, 0.29) is 18.0 Å². The standard InChI is InChI=1S/C19H29N3O3/c1-5-25-19(24)21-12-10-20(11-13-21)18(23)14-22(15(2)3)17-9-7-6-8-16(17)4/h6-9,15H,5,10-14H2,1-4H3. The Morgan fingerprint density at radius 2 is 1.72 bits per heavy atom. The summed E-state index contributed by atoms with van der Waals surface area (Å²) in [5, 5.41) is 0. The van der Waals surface area contributed by atoms with E-state index in [0.29, 0.717) is 39.3 Å². The Labute approximate surface area is 150 Å². The lowest BCUT2D eigenvalue weighted by Crippen LogP contribution is -2.53. The van der Waals surface area contributed by atoms with Crippen molar-refractivity contribution in [3.8, 4) is 0 Å². The lowest BCUT2D eigenvalue weighted by molar-refractivity contribution is -0.131. The summed E-state index contributed by atoms with van der Waals surface area (Å²) in [6, 6.07) is 8.36. The Kier molecular flexibility index (Phi) is 6.67. The summed E-state index contributed by atoms with van der Waals surface area (Å²) in [5.41, 5.74) is 2.26. The molecule has 0 spiro atoms. The van der Waals surface area contributed by atoms with Crippen molar-refractivity contribution in [1.29, 1.82) is 0 Å². The maximum Gasteiger partial charge on any atom is 0.409 e. The fourth-order valence-corrected chi connectivity index (χ4v) is 3.03. The van der Waals surface area contributed by atoms with Gasteiger partial charge in [-0.3, -0.25) is 4.79 Å². The van der Waals surface area contributed by atoms with E-state index >= 15 is 0 Å². The van der Waals surface area contributed by atoms with E-state index in [1.165, 1.54) is 0 Å². The van der Waals surface area contributed by atoms with Gasteiger partial charge in [-0.05, 0) is 39.3 Å². The molecule has 1 heterocycles. The van der Waals surface area contributed by atoms with Crippen molar-refractivity contribution in [2.75, 3.05) is 44.2 Å². The first kappa shape index (κ1) is 19.1. The summed E-state index contributed by atoms with van der Waals surface area (Å²) in [5.74, 6) is 0.0976. The molecule has 0 N–H and O–H groups in total. The molecule has 2 rings (SSSR count). The molecule has 0 atom stereocenters. The highest BCUT2D eigenvalue weighted by molar-refractivity contribution is 5.82. The van der Waals surface area contributed by atoms with Gasteiger partial charge in [-0.1, -0.05) is 18.2 Å². The average molecular weight is 347 g/mol. The SMILES string of the molecule is CCOC(=O)N1CCN(C(=O)CN(c2ccccc2C)C(C)C)CC1. The van der Waals surface area contributed by atoms with Gasteiger partial charge >= 0.3 is 6.09 Å². The van der Waals surface area contributed by atoms with Crippen LogP contribution in [0.25, 0.3) is 0 Å². The third-order valence-electron chi connectivity index (χ3n) is 4.51. The van der Waals surface area contributed by atoms with Gasteiger partial charge in [0.1, 0.15) is 0 Å². The number of amides is 2. The molecule has 1 aliphatic heterocycles. The molecule has 0 radical (unpaired) electrons. The van der Waals surface area contributed by atoms with Crippen LogP contribution in [-0.4, -0.2) is 67.2 Å². The Morgan fingerprint density at radius 1 is 1.12 bits per heavy atom. The van der Waals surface area contributed by atoms with Crippen LogP contribution in [0.1, 0.15) is 26.3 Å². The van der Waals surface area contributed by atoms with Crippen molar-refractivity contribution in [2.45, 2.75) is 33.7 Å². The third-order valence-corrected chi connectivity index (χ3v) is 4.51. The number of hydrogen-bond acceptors (Lipinski definition) is 4. The van der Waals surface area contributed by atoms with Crippen molar-refractivity contribution in [2.24, 2.45) is 0 Å². The zero-order valence-electron chi connectivity index (χ0n) is 15.7. The summed E-state index contributed by atoms with van der Waals surface area (Å²) in [4.78, 5) is 30.1. The normalized spacial score (nSPS) is 14.6. The zero-order valence-corrected chi connectivity index (χ0v) is 15.7. The number of carbonyl (C=O) groups excluding carboxylic acids is 2. The first-order valence-electron chi connectivity index (χ1n) is 8.95. The molecule has 1 aliphatic rings. The minimum absolute atomic E-state index is 0.0976. The molecule has 1 fully saturated rings. The lowest BCUT2D eigenvalue weighted by Gasteiger charge is -2.36. The lowest BCUT2D eigenvalue weighted by atomic mass is 10.1. The fourth-order valence-electron chi connectivity index (χ4n) is 3.03. The largest absolute Gasteiger partial charge is 0.450 e. The van der Waals surface area contributed by atoms with Crippen LogP contribution in [0.5, 0.6) is 0 Å². The highest BCUT2D eigenvalue weighted by Crippen LogP contribution is 2.21. The van der Waals surface area contributed by atoms with Gasteiger partial charge in [0.15, 0.2) is 0 Å².